The first kappa shape index (κ1) is 12.9. The molecule has 0 bridgehead atoms. The van der Waals surface area contributed by atoms with Gasteiger partial charge in [0.1, 0.15) is 0 Å². The molecular formula is C14H16O3. The molecule has 0 saturated heterocycles. The number of phenolic OH excluding ortho intramolecular Hbond substituents is 1. The van der Waals surface area contributed by atoms with Crippen molar-refractivity contribution < 1.29 is 14.9 Å². The van der Waals surface area contributed by atoms with Crippen LogP contribution >= 0.6 is 0 Å². The highest BCUT2D eigenvalue weighted by atomic mass is 16.5. The van der Waals surface area contributed by atoms with E-state index in [0.29, 0.717) is 11.3 Å². The highest BCUT2D eigenvalue weighted by Gasteiger charge is 2.00. The van der Waals surface area contributed by atoms with Crippen LogP contribution in [-0.2, 0) is 0 Å². The first-order valence-electron chi connectivity index (χ1n) is 5.14. The second-order valence-electron chi connectivity index (χ2n) is 3.63. The second kappa shape index (κ2) is 5.80. The number of aliphatic hydroxyl groups excluding tert-OH is 1. The third-order valence-corrected chi connectivity index (χ3v) is 2.09. The van der Waals surface area contributed by atoms with Crippen molar-refractivity contribution in [1.29, 1.82) is 0 Å². The molecule has 0 aliphatic rings. The van der Waals surface area contributed by atoms with Crippen molar-refractivity contribution in [3.05, 3.63) is 53.8 Å². The standard InChI is InChI=1S/C14H16O3/c1-10(8-11(2)15)4-5-12-6-7-13(16)14(9-12)17-3/h4-9,15-16H,1H2,2-3H3/b5-4+,11-8-. The van der Waals surface area contributed by atoms with Crippen LogP contribution in [0.1, 0.15) is 12.5 Å². The normalized spacial score (nSPS) is 11.8. The Labute approximate surface area is 101 Å². The molecule has 0 atom stereocenters. The van der Waals surface area contributed by atoms with Crippen LogP contribution in [0, 0.1) is 0 Å². The maximum absolute atomic E-state index is 9.42. The Balaban J connectivity index is 2.85. The van der Waals surface area contributed by atoms with Crippen molar-refractivity contribution in [1.82, 2.24) is 0 Å². The predicted octanol–water partition coefficient (Wildman–Crippen LogP) is 3.43. The van der Waals surface area contributed by atoms with Gasteiger partial charge < -0.3 is 14.9 Å². The summed E-state index contributed by atoms with van der Waals surface area (Å²) >= 11 is 0. The Bertz CT molecular complexity index is 466. The van der Waals surface area contributed by atoms with Gasteiger partial charge in [0.05, 0.1) is 12.9 Å². The topological polar surface area (TPSA) is 49.7 Å². The molecule has 0 aliphatic carbocycles. The minimum absolute atomic E-state index is 0.106. The molecule has 3 heteroatoms. The molecule has 0 spiro atoms. The summed E-state index contributed by atoms with van der Waals surface area (Å²) in [6.07, 6.45) is 5.16. The Kier molecular flexibility index (Phi) is 4.40. The number of aromatic hydroxyl groups is 1. The van der Waals surface area contributed by atoms with Gasteiger partial charge in [0, 0.05) is 0 Å². The van der Waals surface area contributed by atoms with E-state index in [4.69, 9.17) is 9.84 Å². The van der Waals surface area contributed by atoms with Gasteiger partial charge in [-0.25, -0.2) is 0 Å². The molecule has 90 valence electrons. The lowest BCUT2D eigenvalue weighted by Gasteiger charge is -2.03. The van der Waals surface area contributed by atoms with Crippen molar-refractivity contribution >= 4 is 6.08 Å². The number of hydrogen-bond acceptors (Lipinski definition) is 3. The zero-order chi connectivity index (χ0) is 12.8. The average Bonchev–Trinajstić information content (AvgIpc) is 2.27. The summed E-state index contributed by atoms with van der Waals surface area (Å²) in [5.41, 5.74) is 1.57. The zero-order valence-corrected chi connectivity index (χ0v) is 9.97. The van der Waals surface area contributed by atoms with Gasteiger partial charge in [-0.3, -0.25) is 0 Å². The smallest absolute Gasteiger partial charge is 0.161 e. The highest BCUT2D eigenvalue weighted by molar-refractivity contribution is 5.58. The lowest BCUT2D eigenvalue weighted by Crippen LogP contribution is -1.84. The van der Waals surface area contributed by atoms with Gasteiger partial charge in [-0.2, -0.15) is 0 Å². The Morgan fingerprint density at radius 2 is 2.12 bits per heavy atom. The van der Waals surface area contributed by atoms with Crippen molar-refractivity contribution in [2.24, 2.45) is 0 Å². The molecule has 0 aliphatic heterocycles. The van der Waals surface area contributed by atoms with Gasteiger partial charge in [0.2, 0.25) is 0 Å². The Morgan fingerprint density at radius 3 is 2.71 bits per heavy atom. The minimum Gasteiger partial charge on any atom is -0.513 e. The van der Waals surface area contributed by atoms with E-state index in [0.717, 1.165) is 5.56 Å². The quantitative estimate of drug-likeness (QED) is 0.617. The Morgan fingerprint density at radius 1 is 1.41 bits per heavy atom. The van der Waals surface area contributed by atoms with Crippen LogP contribution in [0.4, 0.5) is 0 Å². The van der Waals surface area contributed by atoms with Crippen LogP contribution in [0.5, 0.6) is 11.5 Å². The monoisotopic (exact) mass is 232 g/mol. The molecule has 0 unspecified atom stereocenters. The van der Waals surface area contributed by atoms with Crippen LogP contribution in [0.2, 0.25) is 0 Å². The van der Waals surface area contributed by atoms with E-state index in [2.05, 4.69) is 6.58 Å². The summed E-state index contributed by atoms with van der Waals surface area (Å²) < 4.78 is 5.00. The molecular weight excluding hydrogens is 216 g/mol. The summed E-state index contributed by atoms with van der Waals surface area (Å²) in [5.74, 6) is 0.740. The number of hydrogen-bond donors (Lipinski definition) is 2. The molecule has 0 heterocycles. The number of allylic oxidation sites excluding steroid dienone is 4. The molecule has 0 radical (unpaired) electrons. The first-order chi connectivity index (χ1) is 8.02. The molecule has 0 saturated carbocycles. The number of methoxy groups -OCH3 is 1. The maximum atomic E-state index is 9.42. The molecule has 2 N–H and O–H groups in total. The second-order valence-corrected chi connectivity index (χ2v) is 3.63. The maximum Gasteiger partial charge on any atom is 0.161 e. The van der Waals surface area contributed by atoms with Crippen LogP contribution < -0.4 is 4.74 Å². The van der Waals surface area contributed by atoms with Crippen LogP contribution in [0.15, 0.2) is 48.3 Å². The van der Waals surface area contributed by atoms with Crippen molar-refractivity contribution in [2.45, 2.75) is 6.92 Å². The molecule has 0 amide bonds. The van der Waals surface area contributed by atoms with E-state index in [1.165, 1.54) is 7.11 Å². The molecule has 0 aromatic heterocycles. The zero-order valence-electron chi connectivity index (χ0n) is 9.97. The van der Waals surface area contributed by atoms with E-state index in [1.807, 2.05) is 6.08 Å². The SMILES string of the molecule is C=C(/C=C(/C)O)/C=C/c1ccc(O)c(OC)c1. The average molecular weight is 232 g/mol. The van der Waals surface area contributed by atoms with Crippen LogP contribution in [-0.4, -0.2) is 17.3 Å². The van der Waals surface area contributed by atoms with Gasteiger partial charge in [0.25, 0.3) is 0 Å². The van der Waals surface area contributed by atoms with Gasteiger partial charge in [-0.05, 0) is 36.3 Å². The van der Waals surface area contributed by atoms with Crippen molar-refractivity contribution in [3.63, 3.8) is 0 Å². The van der Waals surface area contributed by atoms with E-state index >= 15 is 0 Å². The lowest BCUT2D eigenvalue weighted by molar-refractivity contribution is 0.373. The number of ether oxygens (including phenoxy) is 1. The Hall–Kier alpha value is -2.16. The van der Waals surface area contributed by atoms with Gasteiger partial charge in [0.15, 0.2) is 11.5 Å². The van der Waals surface area contributed by atoms with Gasteiger partial charge >= 0.3 is 0 Å². The summed E-state index contributed by atoms with van der Waals surface area (Å²) in [6, 6.07) is 5.04. The van der Waals surface area contributed by atoms with E-state index in [9.17, 15) is 5.11 Å². The number of phenols is 1. The molecule has 17 heavy (non-hydrogen) atoms. The largest absolute Gasteiger partial charge is 0.513 e. The summed E-state index contributed by atoms with van der Waals surface area (Å²) in [5, 5.41) is 18.5. The van der Waals surface area contributed by atoms with E-state index < -0.39 is 0 Å². The lowest BCUT2D eigenvalue weighted by atomic mass is 10.1. The third-order valence-electron chi connectivity index (χ3n) is 2.09. The van der Waals surface area contributed by atoms with Gasteiger partial charge in [-0.15, -0.1) is 0 Å². The fourth-order valence-corrected chi connectivity index (χ4v) is 1.32. The fourth-order valence-electron chi connectivity index (χ4n) is 1.32. The predicted molar refractivity (Wildman–Crippen MR) is 69.2 cm³/mol. The van der Waals surface area contributed by atoms with Gasteiger partial charge in [-0.1, -0.05) is 24.8 Å². The summed E-state index contributed by atoms with van der Waals surface area (Å²) in [7, 11) is 1.50. The van der Waals surface area contributed by atoms with Crippen molar-refractivity contribution in [2.75, 3.05) is 7.11 Å². The van der Waals surface area contributed by atoms with Crippen LogP contribution in [0.25, 0.3) is 6.08 Å². The molecule has 3 nitrogen and oxygen atoms in total. The molecule has 1 aromatic carbocycles. The summed E-state index contributed by atoms with van der Waals surface area (Å²) in [6.45, 7) is 5.35. The first-order valence-corrected chi connectivity index (χ1v) is 5.14. The fraction of sp³-hybridized carbons (Fsp3) is 0.143. The van der Waals surface area contributed by atoms with E-state index in [1.54, 1.807) is 37.3 Å². The molecule has 1 aromatic rings. The molecule has 1 rings (SSSR count). The van der Waals surface area contributed by atoms with E-state index in [-0.39, 0.29) is 11.5 Å². The minimum atomic E-state index is 0.106. The number of benzene rings is 1. The number of aliphatic hydroxyl groups is 1. The molecule has 0 fully saturated rings. The van der Waals surface area contributed by atoms with Crippen molar-refractivity contribution in [3.8, 4) is 11.5 Å². The third kappa shape index (κ3) is 4.07. The van der Waals surface area contributed by atoms with Crippen LogP contribution in [0.3, 0.4) is 0 Å². The highest BCUT2D eigenvalue weighted by Crippen LogP contribution is 2.26. The number of rotatable bonds is 4. The summed E-state index contributed by atoms with van der Waals surface area (Å²) in [4.78, 5) is 0.